The second-order valence-electron chi connectivity index (χ2n) is 4.88. The van der Waals surface area contributed by atoms with Gasteiger partial charge in [-0.1, -0.05) is 0 Å². The molecule has 1 heterocycles. The molecule has 110 valence electrons. The zero-order valence-electron chi connectivity index (χ0n) is 11.2. The van der Waals surface area contributed by atoms with Crippen molar-refractivity contribution >= 4 is 27.1 Å². The summed E-state index contributed by atoms with van der Waals surface area (Å²) < 4.78 is 25.2. The van der Waals surface area contributed by atoms with Crippen molar-refractivity contribution in [1.82, 2.24) is 0 Å². The van der Waals surface area contributed by atoms with Crippen LogP contribution in [0.3, 0.4) is 0 Å². The molecule has 1 fully saturated rings. The summed E-state index contributed by atoms with van der Waals surface area (Å²) in [6.07, 6.45) is 4.26. The summed E-state index contributed by atoms with van der Waals surface area (Å²) in [5, 5.41) is 10.8. The minimum Gasteiger partial charge on any atom is -0.370 e. The highest BCUT2D eigenvalue weighted by molar-refractivity contribution is 7.92. The van der Waals surface area contributed by atoms with E-state index >= 15 is 0 Å². The van der Waals surface area contributed by atoms with Crippen LogP contribution < -0.4 is 9.62 Å². The van der Waals surface area contributed by atoms with Crippen LogP contribution in [-0.2, 0) is 10.0 Å². The van der Waals surface area contributed by atoms with Crippen molar-refractivity contribution in [1.29, 1.82) is 0 Å². The number of non-ortho nitro benzene ring substituents is 1. The molecule has 0 aliphatic carbocycles. The number of piperidine rings is 1. The third kappa shape index (κ3) is 3.60. The molecule has 1 aromatic carbocycles. The lowest BCUT2D eigenvalue weighted by Crippen LogP contribution is -2.30. The van der Waals surface area contributed by atoms with Crippen molar-refractivity contribution in [2.24, 2.45) is 0 Å². The van der Waals surface area contributed by atoms with Gasteiger partial charge in [-0.25, -0.2) is 8.42 Å². The highest BCUT2D eigenvalue weighted by atomic mass is 32.2. The van der Waals surface area contributed by atoms with Gasteiger partial charge in [-0.3, -0.25) is 14.8 Å². The van der Waals surface area contributed by atoms with Gasteiger partial charge in [0.25, 0.3) is 5.69 Å². The van der Waals surface area contributed by atoms with E-state index in [0.29, 0.717) is 5.69 Å². The van der Waals surface area contributed by atoms with E-state index in [-0.39, 0.29) is 11.4 Å². The number of hydrogen-bond acceptors (Lipinski definition) is 5. The molecule has 1 aromatic rings. The first-order valence-corrected chi connectivity index (χ1v) is 8.27. The fourth-order valence-corrected chi connectivity index (χ4v) is 2.89. The molecule has 0 unspecified atom stereocenters. The molecule has 20 heavy (non-hydrogen) atoms. The van der Waals surface area contributed by atoms with Crippen LogP contribution in [0.4, 0.5) is 17.1 Å². The highest BCUT2D eigenvalue weighted by Gasteiger charge is 2.19. The molecule has 8 heteroatoms. The molecule has 0 saturated carbocycles. The quantitative estimate of drug-likeness (QED) is 0.677. The minimum absolute atomic E-state index is 0.128. The molecule has 1 saturated heterocycles. The van der Waals surface area contributed by atoms with Crippen molar-refractivity contribution in [3.63, 3.8) is 0 Å². The second kappa shape index (κ2) is 5.66. The molecule has 1 aliphatic rings. The Morgan fingerprint density at radius 3 is 2.45 bits per heavy atom. The fourth-order valence-electron chi connectivity index (χ4n) is 2.33. The van der Waals surface area contributed by atoms with Crippen LogP contribution in [0, 0.1) is 10.1 Å². The smallest absolute Gasteiger partial charge is 0.271 e. The van der Waals surface area contributed by atoms with Gasteiger partial charge in [-0.2, -0.15) is 0 Å². The van der Waals surface area contributed by atoms with E-state index in [1.165, 1.54) is 12.1 Å². The monoisotopic (exact) mass is 299 g/mol. The number of sulfonamides is 1. The van der Waals surface area contributed by atoms with Crippen molar-refractivity contribution < 1.29 is 13.3 Å². The molecule has 0 aromatic heterocycles. The average Bonchev–Trinajstić information content (AvgIpc) is 2.37. The standard InChI is InChI=1S/C12H17N3O4S/c1-20(18,19)13-11-9-10(15(16)17)5-6-12(11)14-7-3-2-4-8-14/h5-6,9,13H,2-4,7-8H2,1H3. The Morgan fingerprint density at radius 1 is 1.25 bits per heavy atom. The number of hydrogen-bond donors (Lipinski definition) is 1. The molecule has 1 aliphatic heterocycles. The summed E-state index contributed by atoms with van der Waals surface area (Å²) in [7, 11) is -3.48. The van der Waals surface area contributed by atoms with Gasteiger partial charge in [0.15, 0.2) is 0 Å². The van der Waals surface area contributed by atoms with Crippen molar-refractivity contribution in [2.75, 3.05) is 29.0 Å². The van der Waals surface area contributed by atoms with E-state index in [0.717, 1.165) is 38.6 Å². The lowest BCUT2D eigenvalue weighted by atomic mass is 10.1. The molecular weight excluding hydrogens is 282 g/mol. The minimum atomic E-state index is -3.48. The van der Waals surface area contributed by atoms with Gasteiger partial charge in [-0.05, 0) is 25.3 Å². The van der Waals surface area contributed by atoms with Gasteiger partial charge in [0, 0.05) is 25.2 Å². The first-order chi connectivity index (χ1) is 9.37. The van der Waals surface area contributed by atoms with Crippen molar-refractivity contribution in [3.8, 4) is 0 Å². The van der Waals surface area contributed by atoms with Crippen LogP contribution in [0.2, 0.25) is 0 Å². The first-order valence-electron chi connectivity index (χ1n) is 6.38. The Balaban J connectivity index is 2.40. The summed E-state index contributed by atoms with van der Waals surface area (Å²) in [5.41, 5.74) is 0.834. The summed E-state index contributed by atoms with van der Waals surface area (Å²) >= 11 is 0. The maximum absolute atomic E-state index is 11.4. The lowest BCUT2D eigenvalue weighted by Gasteiger charge is -2.30. The normalized spacial score (nSPS) is 15.9. The van der Waals surface area contributed by atoms with E-state index in [1.54, 1.807) is 6.07 Å². The summed E-state index contributed by atoms with van der Waals surface area (Å²) in [6, 6.07) is 4.28. The summed E-state index contributed by atoms with van der Waals surface area (Å²) in [4.78, 5) is 12.3. The molecule has 0 spiro atoms. The third-order valence-electron chi connectivity index (χ3n) is 3.18. The summed E-state index contributed by atoms with van der Waals surface area (Å²) in [5.74, 6) is 0. The van der Waals surface area contributed by atoms with Crippen LogP contribution >= 0.6 is 0 Å². The topological polar surface area (TPSA) is 92.5 Å². The Morgan fingerprint density at radius 2 is 1.90 bits per heavy atom. The molecular formula is C12H17N3O4S. The zero-order chi connectivity index (χ0) is 14.8. The number of nitrogens with zero attached hydrogens (tertiary/aromatic N) is 2. The van der Waals surface area contributed by atoms with Gasteiger partial charge in [0.05, 0.1) is 22.6 Å². The molecule has 0 bridgehead atoms. The van der Waals surface area contributed by atoms with Gasteiger partial charge in [0.2, 0.25) is 10.0 Å². The van der Waals surface area contributed by atoms with Crippen LogP contribution in [-0.4, -0.2) is 32.7 Å². The number of rotatable bonds is 4. The van der Waals surface area contributed by atoms with E-state index < -0.39 is 14.9 Å². The number of nitrogens with one attached hydrogen (secondary N) is 1. The van der Waals surface area contributed by atoms with Crippen molar-refractivity contribution in [2.45, 2.75) is 19.3 Å². The van der Waals surface area contributed by atoms with Crippen LogP contribution in [0.1, 0.15) is 19.3 Å². The molecule has 0 radical (unpaired) electrons. The van der Waals surface area contributed by atoms with E-state index in [1.807, 2.05) is 0 Å². The van der Waals surface area contributed by atoms with Crippen LogP contribution in [0.25, 0.3) is 0 Å². The van der Waals surface area contributed by atoms with Crippen molar-refractivity contribution in [3.05, 3.63) is 28.3 Å². The predicted octanol–water partition coefficient (Wildman–Crippen LogP) is 1.96. The van der Waals surface area contributed by atoms with E-state index in [2.05, 4.69) is 9.62 Å². The molecule has 0 atom stereocenters. The number of nitro groups is 1. The molecule has 0 amide bonds. The fraction of sp³-hybridized carbons (Fsp3) is 0.500. The molecule has 2 rings (SSSR count). The Kier molecular flexibility index (Phi) is 4.12. The lowest BCUT2D eigenvalue weighted by molar-refractivity contribution is -0.384. The maximum atomic E-state index is 11.4. The Hall–Kier alpha value is -1.83. The largest absolute Gasteiger partial charge is 0.370 e. The second-order valence-corrected chi connectivity index (χ2v) is 6.63. The highest BCUT2D eigenvalue weighted by Crippen LogP contribution is 2.32. The molecule has 7 nitrogen and oxygen atoms in total. The predicted molar refractivity (Wildman–Crippen MR) is 77.6 cm³/mol. The average molecular weight is 299 g/mol. The molecule has 1 N–H and O–H groups in total. The Labute approximate surface area is 117 Å². The van der Waals surface area contributed by atoms with E-state index in [9.17, 15) is 18.5 Å². The maximum Gasteiger partial charge on any atom is 0.271 e. The van der Waals surface area contributed by atoms with Crippen LogP contribution in [0.5, 0.6) is 0 Å². The number of nitro benzene ring substituents is 1. The zero-order valence-corrected chi connectivity index (χ0v) is 12.0. The number of anilines is 2. The number of benzene rings is 1. The summed E-state index contributed by atoms with van der Waals surface area (Å²) in [6.45, 7) is 1.66. The van der Waals surface area contributed by atoms with Gasteiger partial charge >= 0.3 is 0 Å². The van der Waals surface area contributed by atoms with Gasteiger partial charge in [-0.15, -0.1) is 0 Å². The first kappa shape index (κ1) is 14.6. The van der Waals surface area contributed by atoms with Gasteiger partial charge < -0.3 is 4.90 Å². The van der Waals surface area contributed by atoms with E-state index in [4.69, 9.17) is 0 Å². The SMILES string of the molecule is CS(=O)(=O)Nc1cc([N+](=O)[O-])ccc1N1CCCCC1. The van der Waals surface area contributed by atoms with Gasteiger partial charge in [0.1, 0.15) is 0 Å². The van der Waals surface area contributed by atoms with Crippen LogP contribution in [0.15, 0.2) is 18.2 Å². The third-order valence-corrected chi connectivity index (χ3v) is 3.77. The Bertz CT molecular complexity index is 609.